The van der Waals surface area contributed by atoms with Crippen LogP contribution in [0.4, 0.5) is 0 Å². The first-order valence-corrected chi connectivity index (χ1v) is 6.84. The van der Waals surface area contributed by atoms with Crippen molar-refractivity contribution in [3.8, 4) is 0 Å². The topological polar surface area (TPSA) is 84.1 Å². The van der Waals surface area contributed by atoms with Crippen molar-refractivity contribution in [1.29, 1.82) is 0 Å². The molecule has 1 rings (SSSR count). The van der Waals surface area contributed by atoms with Crippen LogP contribution >= 0.6 is 11.8 Å². The van der Waals surface area contributed by atoms with E-state index in [4.69, 9.17) is 5.11 Å². The van der Waals surface area contributed by atoms with Gasteiger partial charge in [-0.15, -0.1) is 5.10 Å². The number of nitrogens with zero attached hydrogens (tertiary/aromatic N) is 5. The number of tetrazole rings is 1. The summed E-state index contributed by atoms with van der Waals surface area (Å²) in [6.45, 7) is 7.44. The molecule has 0 spiro atoms. The smallest absolute Gasteiger partial charge is 0.235 e. The van der Waals surface area contributed by atoms with Crippen LogP contribution in [0.3, 0.4) is 0 Å². The highest BCUT2D eigenvalue weighted by Gasteiger charge is 2.21. The van der Waals surface area contributed by atoms with Gasteiger partial charge >= 0.3 is 0 Å². The van der Waals surface area contributed by atoms with Gasteiger partial charge in [0.2, 0.25) is 11.1 Å². The van der Waals surface area contributed by atoms with E-state index in [9.17, 15) is 4.79 Å². The molecule has 7 nitrogen and oxygen atoms in total. The maximum absolute atomic E-state index is 12.1. The molecule has 1 amide bonds. The Labute approximate surface area is 111 Å². The Morgan fingerprint density at radius 1 is 1.50 bits per heavy atom. The molecule has 1 aromatic heterocycles. The first kappa shape index (κ1) is 14.9. The third-order valence-corrected chi connectivity index (χ3v) is 3.57. The fourth-order valence-corrected chi connectivity index (χ4v) is 2.42. The van der Waals surface area contributed by atoms with Crippen molar-refractivity contribution in [2.24, 2.45) is 0 Å². The lowest BCUT2D eigenvalue weighted by Gasteiger charge is -2.22. The lowest BCUT2D eigenvalue weighted by molar-refractivity contribution is -0.129. The van der Waals surface area contributed by atoms with Crippen molar-refractivity contribution >= 4 is 17.7 Å². The molecule has 0 aliphatic rings. The van der Waals surface area contributed by atoms with E-state index in [2.05, 4.69) is 15.5 Å². The minimum absolute atomic E-state index is 0.0308. The Kier molecular flexibility index (Phi) is 6.06. The third-order valence-electron chi connectivity index (χ3n) is 2.52. The average molecular weight is 273 g/mol. The number of aromatic nitrogens is 4. The van der Waals surface area contributed by atoms with E-state index < -0.39 is 0 Å². The van der Waals surface area contributed by atoms with Gasteiger partial charge in [0.15, 0.2) is 0 Å². The van der Waals surface area contributed by atoms with Crippen molar-refractivity contribution in [2.75, 3.05) is 19.7 Å². The van der Waals surface area contributed by atoms with Gasteiger partial charge in [0.05, 0.1) is 18.4 Å². The van der Waals surface area contributed by atoms with Gasteiger partial charge in [-0.3, -0.25) is 4.79 Å². The van der Waals surface area contributed by atoms with Crippen LogP contribution < -0.4 is 0 Å². The standard InChI is InChI=1S/C10H19N5O2S/c1-4-14(5-2)9(17)8(3)18-10-11-12-13-15(10)6-7-16/h8,16H,4-7H2,1-3H3. The molecule has 102 valence electrons. The molecule has 0 aromatic carbocycles. The van der Waals surface area contributed by atoms with Gasteiger partial charge < -0.3 is 10.0 Å². The fourth-order valence-electron chi connectivity index (χ4n) is 1.52. The molecular weight excluding hydrogens is 254 g/mol. The summed E-state index contributed by atoms with van der Waals surface area (Å²) in [5.74, 6) is 0.0727. The van der Waals surface area contributed by atoms with E-state index in [1.54, 1.807) is 4.90 Å². The van der Waals surface area contributed by atoms with Crippen LogP contribution in [-0.4, -0.2) is 61.1 Å². The molecule has 0 saturated carbocycles. The predicted molar refractivity (Wildman–Crippen MR) is 68.1 cm³/mol. The number of carbonyl (C=O) groups excluding carboxylic acids is 1. The predicted octanol–water partition coefficient (Wildman–Crippen LogP) is 0.0144. The Hall–Kier alpha value is -1.15. The van der Waals surface area contributed by atoms with Gasteiger partial charge in [0.25, 0.3) is 0 Å². The molecule has 18 heavy (non-hydrogen) atoms. The van der Waals surface area contributed by atoms with Gasteiger partial charge in [-0.1, -0.05) is 11.8 Å². The number of aliphatic hydroxyl groups is 1. The lowest BCUT2D eigenvalue weighted by Crippen LogP contribution is -2.36. The second-order valence-corrected chi connectivity index (χ2v) is 4.99. The van der Waals surface area contributed by atoms with Gasteiger partial charge in [-0.2, -0.15) is 0 Å². The largest absolute Gasteiger partial charge is 0.394 e. The van der Waals surface area contributed by atoms with E-state index >= 15 is 0 Å². The van der Waals surface area contributed by atoms with E-state index in [1.807, 2.05) is 20.8 Å². The van der Waals surface area contributed by atoms with E-state index in [1.165, 1.54) is 16.4 Å². The summed E-state index contributed by atoms with van der Waals surface area (Å²) in [4.78, 5) is 13.9. The maximum Gasteiger partial charge on any atom is 0.235 e. The highest BCUT2D eigenvalue weighted by Crippen LogP contribution is 2.21. The molecule has 1 aromatic rings. The zero-order valence-electron chi connectivity index (χ0n) is 10.9. The summed E-state index contributed by atoms with van der Waals surface area (Å²) < 4.78 is 1.50. The summed E-state index contributed by atoms with van der Waals surface area (Å²) in [7, 11) is 0. The number of rotatable bonds is 7. The van der Waals surface area contributed by atoms with Crippen molar-refractivity contribution in [1.82, 2.24) is 25.1 Å². The highest BCUT2D eigenvalue weighted by atomic mass is 32.2. The van der Waals surface area contributed by atoms with Crippen molar-refractivity contribution in [3.05, 3.63) is 0 Å². The summed E-state index contributed by atoms with van der Waals surface area (Å²) in [5.41, 5.74) is 0. The van der Waals surface area contributed by atoms with Gasteiger partial charge in [0, 0.05) is 13.1 Å². The molecule has 0 aliphatic heterocycles. The molecular formula is C10H19N5O2S. The maximum atomic E-state index is 12.1. The average Bonchev–Trinajstić information content (AvgIpc) is 2.78. The second-order valence-electron chi connectivity index (χ2n) is 3.68. The number of thioether (sulfide) groups is 1. The number of carbonyl (C=O) groups is 1. The minimum Gasteiger partial charge on any atom is -0.394 e. The molecule has 1 heterocycles. The molecule has 1 atom stereocenters. The van der Waals surface area contributed by atoms with Gasteiger partial charge in [0.1, 0.15) is 0 Å². The number of hydrogen-bond donors (Lipinski definition) is 1. The summed E-state index contributed by atoms with van der Waals surface area (Å²) in [5, 5.41) is 20.3. The molecule has 0 aliphatic carbocycles. The van der Waals surface area contributed by atoms with Gasteiger partial charge in [-0.05, 0) is 31.2 Å². The Balaban J connectivity index is 2.65. The Morgan fingerprint density at radius 3 is 2.72 bits per heavy atom. The van der Waals surface area contributed by atoms with E-state index in [0.29, 0.717) is 24.8 Å². The van der Waals surface area contributed by atoms with Crippen LogP contribution in [0.1, 0.15) is 20.8 Å². The number of hydrogen-bond acceptors (Lipinski definition) is 6. The third kappa shape index (κ3) is 3.67. The van der Waals surface area contributed by atoms with E-state index in [0.717, 1.165) is 0 Å². The normalized spacial score (nSPS) is 12.4. The van der Waals surface area contributed by atoms with Crippen molar-refractivity contribution < 1.29 is 9.90 Å². The van der Waals surface area contributed by atoms with Crippen LogP contribution in [0.5, 0.6) is 0 Å². The molecule has 0 fully saturated rings. The number of aliphatic hydroxyl groups excluding tert-OH is 1. The Bertz CT molecular complexity index is 380. The van der Waals surface area contributed by atoms with Crippen LogP contribution in [0.25, 0.3) is 0 Å². The van der Waals surface area contributed by atoms with Gasteiger partial charge in [-0.25, -0.2) is 4.68 Å². The molecule has 0 radical (unpaired) electrons. The van der Waals surface area contributed by atoms with Crippen molar-refractivity contribution in [2.45, 2.75) is 37.7 Å². The van der Waals surface area contributed by atoms with Crippen molar-refractivity contribution in [3.63, 3.8) is 0 Å². The van der Waals surface area contributed by atoms with Crippen LogP contribution in [-0.2, 0) is 11.3 Å². The zero-order chi connectivity index (χ0) is 13.5. The molecule has 1 N–H and O–H groups in total. The molecule has 0 saturated heterocycles. The highest BCUT2D eigenvalue weighted by molar-refractivity contribution is 8.00. The first-order valence-electron chi connectivity index (χ1n) is 5.96. The number of amides is 1. The summed E-state index contributed by atoms with van der Waals surface area (Å²) >= 11 is 1.31. The molecule has 0 bridgehead atoms. The minimum atomic E-state index is -0.242. The SMILES string of the molecule is CCN(CC)C(=O)C(C)Sc1nnnn1CCO. The molecule has 1 unspecified atom stereocenters. The van der Waals surface area contributed by atoms with Crippen LogP contribution in [0.2, 0.25) is 0 Å². The van der Waals surface area contributed by atoms with E-state index in [-0.39, 0.29) is 17.8 Å². The molecule has 8 heteroatoms. The Morgan fingerprint density at radius 2 is 2.17 bits per heavy atom. The van der Waals surface area contributed by atoms with Crippen LogP contribution in [0.15, 0.2) is 5.16 Å². The zero-order valence-corrected chi connectivity index (χ0v) is 11.7. The summed E-state index contributed by atoms with van der Waals surface area (Å²) in [6.07, 6.45) is 0. The second kappa shape index (κ2) is 7.32. The quantitative estimate of drug-likeness (QED) is 0.705. The fraction of sp³-hybridized carbons (Fsp3) is 0.800. The first-order chi connectivity index (χ1) is 8.63. The monoisotopic (exact) mass is 273 g/mol. The summed E-state index contributed by atoms with van der Waals surface area (Å²) in [6, 6.07) is 0. The van der Waals surface area contributed by atoms with Crippen LogP contribution in [0, 0.1) is 0 Å². The lowest BCUT2D eigenvalue weighted by atomic mass is 10.4.